The molecule has 0 amide bonds. The molecule has 1 heterocycles. The molecule has 1 aromatic carbocycles. The van der Waals surface area contributed by atoms with Crippen molar-refractivity contribution >= 4 is 5.97 Å². The largest absolute Gasteiger partial charge is 0.476 e. The zero-order valence-electron chi connectivity index (χ0n) is 10.0. The summed E-state index contributed by atoms with van der Waals surface area (Å²) >= 11 is 0. The fourth-order valence-electron chi connectivity index (χ4n) is 1.58. The van der Waals surface area contributed by atoms with Gasteiger partial charge < -0.3 is 5.11 Å². The Balaban J connectivity index is 2.94. The number of benzene rings is 1. The molecule has 0 unspecified atom stereocenters. The van der Waals surface area contributed by atoms with Crippen LogP contribution < -0.4 is 11.2 Å². The van der Waals surface area contributed by atoms with Crippen molar-refractivity contribution in [1.82, 2.24) is 14.3 Å². The van der Waals surface area contributed by atoms with Crippen LogP contribution in [0.3, 0.4) is 0 Å². The maximum absolute atomic E-state index is 13.7. The summed E-state index contributed by atoms with van der Waals surface area (Å²) < 4.78 is 27.6. The van der Waals surface area contributed by atoms with E-state index in [-0.39, 0.29) is 4.57 Å². The molecule has 0 aliphatic heterocycles. The van der Waals surface area contributed by atoms with E-state index in [0.29, 0.717) is 4.68 Å². The van der Waals surface area contributed by atoms with Gasteiger partial charge in [-0.15, -0.1) is 0 Å². The molecule has 20 heavy (non-hydrogen) atoms. The maximum atomic E-state index is 13.7. The number of halogens is 2. The van der Waals surface area contributed by atoms with Crippen LogP contribution in [0.5, 0.6) is 0 Å². The first-order valence-electron chi connectivity index (χ1n) is 5.22. The molecule has 0 bridgehead atoms. The van der Waals surface area contributed by atoms with E-state index in [1.807, 2.05) is 0 Å². The Bertz CT molecular complexity index is 825. The third-order valence-electron chi connectivity index (χ3n) is 2.50. The SMILES string of the molecule is Cn1nc(C(=O)O)c(=O)n(-c2cccc(F)c2F)c1=O. The molecule has 0 radical (unpaired) electrons. The number of rotatable bonds is 2. The van der Waals surface area contributed by atoms with Crippen molar-refractivity contribution in [1.29, 1.82) is 0 Å². The van der Waals surface area contributed by atoms with E-state index in [9.17, 15) is 23.2 Å². The van der Waals surface area contributed by atoms with Gasteiger partial charge in [-0.1, -0.05) is 6.07 Å². The number of aryl methyl sites for hydroxylation is 1. The second kappa shape index (κ2) is 4.68. The molecule has 0 aliphatic carbocycles. The molecule has 0 saturated heterocycles. The van der Waals surface area contributed by atoms with Crippen molar-refractivity contribution in [2.45, 2.75) is 0 Å². The van der Waals surface area contributed by atoms with Gasteiger partial charge in [0.1, 0.15) is 0 Å². The molecule has 1 N–H and O–H groups in total. The van der Waals surface area contributed by atoms with E-state index in [1.54, 1.807) is 0 Å². The first-order chi connectivity index (χ1) is 9.34. The van der Waals surface area contributed by atoms with Gasteiger partial charge in [-0.2, -0.15) is 5.10 Å². The lowest BCUT2D eigenvalue weighted by Gasteiger charge is -2.08. The number of nitrogens with zero attached hydrogens (tertiary/aromatic N) is 3. The minimum atomic E-state index is -1.68. The predicted octanol–water partition coefficient (Wildman–Crippen LogP) is -0.0924. The summed E-state index contributed by atoms with van der Waals surface area (Å²) in [5, 5.41) is 12.1. The highest BCUT2D eigenvalue weighted by Crippen LogP contribution is 2.13. The van der Waals surface area contributed by atoms with Crippen LogP contribution in [-0.4, -0.2) is 25.4 Å². The highest BCUT2D eigenvalue weighted by Gasteiger charge is 2.21. The van der Waals surface area contributed by atoms with Crippen molar-refractivity contribution in [3.8, 4) is 5.69 Å². The average molecular weight is 283 g/mol. The Kier molecular flexibility index (Phi) is 3.18. The quantitative estimate of drug-likeness (QED) is 0.831. The van der Waals surface area contributed by atoms with Gasteiger partial charge in [-0.25, -0.2) is 27.6 Å². The molecule has 1 aromatic heterocycles. The molecule has 104 valence electrons. The molecule has 2 rings (SSSR count). The molecule has 0 spiro atoms. The van der Waals surface area contributed by atoms with Crippen molar-refractivity contribution in [3.63, 3.8) is 0 Å². The van der Waals surface area contributed by atoms with Crippen LogP contribution >= 0.6 is 0 Å². The lowest BCUT2D eigenvalue weighted by molar-refractivity contribution is 0.0684. The zero-order valence-corrected chi connectivity index (χ0v) is 10.0. The number of aromatic nitrogens is 3. The smallest absolute Gasteiger partial charge is 0.362 e. The van der Waals surface area contributed by atoms with E-state index in [0.717, 1.165) is 25.2 Å². The van der Waals surface area contributed by atoms with Crippen LogP contribution in [0.25, 0.3) is 5.69 Å². The van der Waals surface area contributed by atoms with E-state index < -0.39 is 40.2 Å². The fourth-order valence-corrected chi connectivity index (χ4v) is 1.58. The number of carboxylic acids is 1. The van der Waals surface area contributed by atoms with Gasteiger partial charge in [-0.05, 0) is 12.1 Å². The molecule has 0 fully saturated rings. The van der Waals surface area contributed by atoms with Gasteiger partial charge in [0, 0.05) is 7.05 Å². The molecule has 0 aliphatic rings. The summed E-state index contributed by atoms with van der Waals surface area (Å²) in [6.07, 6.45) is 0. The first-order valence-corrected chi connectivity index (χ1v) is 5.22. The third kappa shape index (κ3) is 1.98. The number of carbonyl (C=O) groups is 1. The lowest BCUT2D eigenvalue weighted by Crippen LogP contribution is -2.43. The highest BCUT2D eigenvalue weighted by molar-refractivity contribution is 5.84. The topological polar surface area (TPSA) is 94.2 Å². The van der Waals surface area contributed by atoms with Crippen LogP contribution in [0, 0.1) is 11.6 Å². The highest BCUT2D eigenvalue weighted by atomic mass is 19.2. The van der Waals surface area contributed by atoms with E-state index in [2.05, 4.69) is 5.10 Å². The predicted molar refractivity (Wildman–Crippen MR) is 62.0 cm³/mol. The molecule has 9 heteroatoms. The Labute approximate surface area is 109 Å². The lowest BCUT2D eigenvalue weighted by atomic mass is 10.3. The van der Waals surface area contributed by atoms with E-state index in [1.165, 1.54) is 0 Å². The Morgan fingerprint density at radius 3 is 2.55 bits per heavy atom. The normalized spacial score (nSPS) is 10.6. The van der Waals surface area contributed by atoms with Crippen LogP contribution in [0.4, 0.5) is 8.78 Å². The second-order valence-electron chi connectivity index (χ2n) is 3.77. The number of carboxylic acid groups (broad SMARTS) is 1. The van der Waals surface area contributed by atoms with Gasteiger partial charge in [0.25, 0.3) is 5.56 Å². The third-order valence-corrected chi connectivity index (χ3v) is 2.50. The molecule has 0 atom stereocenters. The van der Waals surface area contributed by atoms with E-state index >= 15 is 0 Å². The van der Waals surface area contributed by atoms with Gasteiger partial charge in [-0.3, -0.25) is 4.79 Å². The van der Waals surface area contributed by atoms with Crippen LogP contribution in [0.2, 0.25) is 0 Å². The van der Waals surface area contributed by atoms with Crippen LogP contribution in [0.15, 0.2) is 27.8 Å². The summed E-state index contributed by atoms with van der Waals surface area (Å²) in [6, 6.07) is 2.86. The molecule has 7 nitrogen and oxygen atoms in total. The minimum Gasteiger partial charge on any atom is -0.476 e. The summed E-state index contributed by atoms with van der Waals surface area (Å²) in [4.78, 5) is 34.5. The number of hydrogen-bond acceptors (Lipinski definition) is 4. The minimum absolute atomic E-state index is 0.217. The Morgan fingerprint density at radius 1 is 1.30 bits per heavy atom. The van der Waals surface area contributed by atoms with Gasteiger partial charge in [0.05, 0.1) is 5.69 Å². The van der Waals surface area contributed by atoms with Gasteiger partial charge in [0.2, 0.25) is 5.69 Å². The van der Waals surface area contributed by atoms with Gasteiger partial charge in [0.15, 0.2) is 11.6 Å². The van der Waals surface area contributed by atoms with Crippen molar-refractivity contribution < 1.29 is 18.7 Å². The summed E-state index contributed by atoms with van der Waals surface area (Å²) in [5.74, 6) is -4.39. The second-order valence-corrected chi connectivity index (χ2v) is 3.77. The molecular formula is C11H7F2N3O4. The molecule has 0 saturated carbocycles. The first kappa shape index (κ1) is 13.6. The van der Waals surface area contributed by atoms with Gasteiger partial charge >= 0.3 is 11.7 Å². The summed E-state index contributed by atoms with van der Waals surface area (Å²) in [5.41, 5.74) is -4.09. The number of hydrogen-bond donors (Lipinski definition) is 1. The zero-order chi connectivity index (χ0) is 15.0. The Morgan fingerprint density at radius 2 is 1.95 bits per heavy atom. The Hall–Kier alpha value is -2.84. The van der Waals surface area contributed by atoms with Crippen molar-refractivity contribution in [2.24, 2.45) is 7.05 Å². The summed E-state index contributed by atoms with van der Waals surface area (Å²) in [7, 11) is 1.09. The maximum Gasteiger partial charge on any atom is 0.362 e. The number of aromatic carboxylic acids is 1. The van der Waals surface area contributed by atoms with E-state index in [4.69, 9.17) is 5.11 Å². The van der Waals surface area contributed by atoms with Crippen molar-refractivity contribution in [2.75, 3.05) is 0 Å². The average Bonchev–Trinajstić information content (AvgIpc) is 2.38. The molecular weight excluding hydrogens is 276 g/mol. The van der Waals surface area contributed by atoms with Crippen molar-refractivity contribution in [3.05, 3.63) is 56.4 Å². The van der Waals surface area contributed by atoms with Crippen LogP contribution in [0.1, 0.15) is 10.5 Å². The molecule has 2 aromatic rings. The summed E-state index contributed by atoms with van der Waals surface area (Å²) in [6.45, 7) is 0. The standard InChI is InChI=1S/C11H7F2N3O4/c1-15-11(20)16(9(17)8(14-15)10(18)19)6-4-2-3-5(12)7(6)13/h2-4H,1H3,(H,18,19). The fraction of sp³-hybridized carbons (Fsp3) is 0.0909. The van der Waals surface area contributed by atoms with Crippen LogP contribution in [-0.2, 0) is 7.05 Å². The monoisotopic (exact) mass is 283 g/mol.